The standard InChI is InChI=1S/C16H21N3/c1-12-4-6-14(7-5-12)19(3)16(10-17)15-11-18-9-8-13(15)2/h4-9,11,16H,10,17H2,1-3H3. The van der Waals surface area contributed by atoms with Gasteiger partial charge in [0.15, 0.2) is 0 Å². The summed E-state index contributed by atoms with van der Waals surface area (Å²) in [6, 6.07) is 10.7. The van der Waals surface area contributed by atoms with Crippen LogP contribution in [0.1, 0.15) is 22.7 Å². The number of aryl methyl sites for hydroxylation is 2. The number of nitrogens with zero attached hydrogens (tertiary/aromatic N) is 2. The highest BCUT2D eigenvalue weighted by Gasteiger charge is 2.17. The van der Waals surface area contributed by atoms with E-state index in [-0.39, 0.29) is 6.04 Å². The van der Waals surface area contributed by atoms with E-state index in [1.165, 1.54) is 22.4 Å². The van der Waals surface area contributed by atoms with Crippen LogP contribution in [-0.4, -0.2) is 18.6 Å². The highest BCUT2D eigenvalue weighted by molar-refractivity contribution is 5.49. The molecule has 2 aromatic rings. The van der Waals surface area contributed by atoms with Crippen molar-refractivity contribution >= 4 is 5.69 Å². The van der Waals surface area contributed by atoms with E-state index in [1.807, 2.05) is 18.5 Å². The highest BCUT2D eigenvalue weighted by Crippen LogP contribution is 2.26. The summed E-state index contributed by atoms with van der Waals surface area (Å²) in [6.07, 6.45) is 3.73. The molecule has 0 saturated carbocycles. The summed E-state index contributed by atoms with van der Waals surface area (Å²) >= 11 is 0. The molecule has 0 spiro atoms. The Balaban J connectivity index is 2.32. The van der Waals surface area contributed by atoms with Gasteiger partial charge in [-0.05, 0) is 43.2 Å². The average molecular weight is 255 g/mol. The quantitative estimate of drug-likeness (QED) is 0.913. The SMILES string of the molecule is Cc1ccc(N(C)C(CN)c2cnccc2C)cc1. The summed E-state index contributed by atoms with van der Waals surface area (Å²) in [5.41, 5.74) is 10.8. The molecule has 0 bridgehead atoms. The molecule has 1 aromatic carbocycles. The first-order valence-corrected chi connectivity index (χ1v) is 6.53. The number of likely N-dealkylation sites (N-methyl/N-ethyl adjacent to an activating group) is 1. The molecule has 100 valence electrons. The molecule has 0 aliphatic carbocycles. The van der Waals surface area contributed by atoms with Crippen LogP contribution >= 0.6 is 0 Å². The minimum Gasteiger partial charge on any atom is -0.366 e. The topological polar surface area (TPSA) is 42.1 Å². The van der Waals surface area contributed by atoms with Crippen LogP contribution in [0.3, 0.4) is 0 Å². The lowest BCUT2D eigenvalue weighted by molar-refractivity contribution is 0.673. The van der Waals surface area contributed by atoms with Gasteiger partial charge in [-0.15, -0.1) is 0 Å². The molecule has 0 aliphatic rings. The molecular formula is C16H21N3. The van der Waals surface area contributed by atoms with Crippen molar-refractivity contribution in [1.29, 1.82) is 0 Å². The van der Waals surface area contributed by atoms with Gasteiger partial charge in [-0.2, -0.15) is 0 Å². The highest BCUT2D eigenvalue weighted by atomic mass is 15.1. The maximum Gasteiger partial charge on any atom is 0.0679 e. The van der Waals surface area contributed by atoms with Gasteiger partial charge in [0.2, 0.25) is 0 Å². The van der Waals surface area contributed by atoms with Gasteiger partial charge in [-0.1, -0.05) is 17.7 Å². The Labute approximate surface area is 115 Å². The van der Waals surface area contributed by atoms with E-state index in [0.29, 0.717) is 6.54 Å². The fourth-order valence-corrected chi connectivity index (χ4v) is 2.28. The Morgan fingerprint density at radius 3 is 2.42 bits per heavy atom. The van der Waals surface area contributed by atoms with Gasteiger partial charge < -0.3 is 10.6 Å². The van der Waals surface area contributed by atoms with E-state index >= 15 is 0 Å². The summed E-state index contributed by atoms with van der Waals surface area (Å²) in [4.78, 5) is 6.43. The number of benzene rings is 1. The second kappa shape index (κ2) is 5.85. The third-order valence-corrected chi connectivity index (χ3v) is 3.57. The normalized spacial score (nSPS) is 12.2. The van der Waals surface area contributed by atoms with Crippen LogP contribution in [0.5, 0.6) is 0 Å². The van der Waals surface area contributed by atoms with Crippen LogP contribution in [0.15, 0.2) is 42.7 Å². The van der Waals surface area contributed by atoms with E-state index in [1.54, 1.807) is 0 Å². The van der Waals surface area contributed by atoms with Gasteiger partial charge in [0.05, 0.1) is 6.04 Å². The molecule has 0 aliphatic heterocycles. The van der Waals surface area contributed by atoms with E-state index in [2.05, 4.69) is 55.0 Å². The van der Waals surface area contributed by atoms with Crippen molar-refractivity contribution in [2.24, 2.45) is 5.73 Å². The molecule has 0 fully saturated rings. The zero-order valence-corrected chi connectivity index (χ0v) is 11.8. The molecule has 3 nitrogen and oxygen atoms in total. The zero-order chi connectivity index (χ0) is 13.8. The number of pyridine rings is 1. The Hall–Kier alpha value is -1.87. The smallest absolute Gasteiger partial charge is 0.0679 e. The number of hydrogen-bond acceptors (Lipinski definition) is 3. The predicted molar refractivity (Wildman–Crippen MR) is 80.4 cm³/mol. The molecule has 0 saturated heterocycles. The number of anilines is 1. The van der Waals surface area contributed by atoms with Gasteiger partial charge in [-0.3, -0.25) is 4.98 Å². The summed E-state index contributed by atoms with van der Waals surface area (Å²) in [6.45, 7) is 4.76. The molecule has 1 unspecified atom stereocenters. The van der Waals surface area contributed by atoms with Crippen LogP contribution in [0.2, 0.25) is 0 Å². The Morgan fingerprint density at radius 2 is 1.84 bits per heavy atom. The van der Waals surface area contributed by atoms with E-state index < -0.39 is 0 Å². The molecule has 1 atom stereocenters. The van der Waals surface area contributed by atoms with Crippen molar-refractivity contribution in [1.82, 2.24) is 4.98 Å². The van der Waals surface area contributed by atoms with Crippen LogP contribution in [0, 0.1) is 13.8 Å². The summed E-state index contributed by atoms with van der Waals surface area (Å²) in [5, 5.41) is 0. The second-order valence-electron chi connectivity index (χ2n) is 4.93. The minimum absolute atomic E-state index is 0.149. The van der Waals surface area contributed by atoms with E-state index in [4.69, 9.17) is 5.73 Å². The minimum atomic E-state index is 0.149. The number of nitrogens with two attached hydrogens (primary N) is 1. The molecule has 19 heavy (non-hydrogen) atoms. The monoisotopic (exact) mass is 255 g/mol. The van der Waals surface area contributed by atoms with Crippen molar-refractivity contribution in [2.45, 2.75) is 19.9 Å². The summed E-state index contributed by atoms with van der Waals surface area (Å²) < 4.78 is 0. The Bertz CT molecular complexity index is 534. The van der Waals surface area contributed by atoms with Crippen molar-refractivity contribution in [2.75, 3.05) is 18.5 Å². The van der Waals surface area contributed by atoms with Crippen molar-refractivity contribution in [3.05, 3.63) is 59.4 Å². The summed E-state index contributed by atoms with van der Waals surface area (Å²) in [5.74, 6) is 0. The first-order chi connectivity index (χ1) is 9.13. The fraction of sp³-hybridized carbons (Fsp3) is 0.312. The van der Waals surface area contributed by atoms with Gasteiger partial charge in [0.25, 0.3) is 0 Å². The Kier molecular flexibility index (Phi) is 4.17. The Morgan fingerprint density at radius 1 is 1.16 bits per heavy atom. The lowest BCUT2D eigenvalue weighted by Crippen LogP contribution is -2.31. The molecule has 2 N–H and O–H groups in total. The first-order valence-electron chi connectivity index (χ1n) is 6.53. The molecule has 3 heteroatoms. The van der Waals surface area contributed by atoms with Crippen molar-refractivity contribution in [3.63, 3.8) is 0 Å². The largest absolute Gasteiger partial charge is 0.366 e. The van der Waals surface area contributed by atoms with E-state index in [9.17, 15) is 0 Å². The average Bonchev–Trinajstić information content (AvgIpc) is 2.42. The molecule has 1 aromatic heterocycles. The molecule has 0 amide bonds. The number of rotatable bonds is 4. The number of aromatic nitrogens is 1. The maximum atomic E-state index is 5.97. The molecular weight excluding hydrogens is 234 g/mol. The third-order valence-electron chi connectivity index (χ3n) is 3.57. The zero-order valence-electron chi connectivity index (χ0n) is 11.8. The molecule has 2 rings (SSSR count). The number of hydrogen-bond donors (Lipinski definition) is 1. The summed E-state index contributed by atoms with van der Waals surface area (Å²) in [7, 11) is 2.08. The van der Waals surface area contributed by atoms with Gasteiger partial charge in [-0.25, -0.2) is 0 Å². The van der Waals surface area contributed by atoms with Gasteiger partial charge in [0.1, 0.15) is 0 Å². The lowest BCUT2D eigenvalue weighted by atomic mass is 10.0. The fourth-order valence-electron chi connectivity index (χ4n) is 2.28. The first kappa shape index (κ1) is 13.6. The molecule has 0 radical (unpaired) electrons. The van der Waals surface area contributed by atoms with Crippen LogP contribution in [0.4, 0.5) is 5.69 Å². The van der Waals surface area contributed by atoms with Gasteiger partial charge >= 0.3 is 0 Å². The van der Waals surface area contributed by atoms with Gasteiger partial charge in [0, 0.05) is 31.7 Å². The van der Waals surface area contributed by atoms with Crippen molar-refractivity contribution in [3.8, 4) is 0 Å². The van der Waals surface area contributed by atoms with Crippen LogP contribution in [-0.2, 0) is 0 Å². The lowest BCUT2D eigenvalue weighted by Gasteiger charge is -2.30. The predicted octanol–water partition coefficient (Wildman–Crippen LogP) is 2.83. The van der Waals surface area contributed by atoms with Crippen LogP contribution in [0.25, 0.3) is 0 Å². The van der Waals surface area contributed by atoms with E-state index in [0.717, 1.165) is 0 Å². The van der Waals surface area contributed by atoms with Crippen LogP contribution < -0.4 is 10.6 Å². The second-order valence-corrected chi connectivity index (χ2v) is 4.93. The third kappa shape index (κ3) is 2.93. The molecule has 1 heterocycles. The maximum absolute atomic E-state index is 5.97. The van der Waals surface area contributed by atoms with Crippen molar-refractivity contribution < 1.29 is 0 Å².